The summed E-state index contributed by atoms with van der Waals surface area (Å²) in [6.45, 7) is 4.08. The smallest absolute Gasteiger partial charge is 0.198 e. The lowest BCUT2D eigenvalue weighted by Crippen LogP contribution is -2.23. The Balaban J connectivity index is 2.03. The van der Waals surface area contributed by atoms with Crippen LogP contribution in [0.5, 0.6) is 0 Å². The fraction of sp³-hybridized carbons (Fsp3) is 0.136. The number of guanidine groups is 1. The molecule has 0 fully saturated rings. The van der Waals surface area contributed by atoms with E-state index in [0.717, 1.165) is 11.9 Å². The van der Waals surface area contributed by atoms with E-state index in [4.69, 9.17) is 11.5 Å². The summed E-state index contributed by atoms with van der Waals surface area (Å²) in [5.41, 5.74) is 13.8. The predicted molar refractivity (Wildman–Crippen MR) is 115 cm³/mol. The molecule has 0 bridgehead atoms. The highest BCUT2D eigenvalue weighted by molar-refractivity contribution is 6.00. The van der Waals surface area contributed by atoms with Crippen molar-refractivity contribution >= 4 is 23.0 Å². The third kappa shape index (κ3) is 4.78. The lowest BCUT2D eigenvalue weighted by atomic mass is 10.1. The van der Waals surface area contributed by atoms with Gasteiger partial charge in [-0.25, -0.2) is 13.8 Å². The number of rotatable bonds is 5. The molecule has 0 saturated heterocycles. The summed E-state index contributed by atoms with van der Waals surface area (Å²) >= 11 is 0. The minimum absolute atomic E-state index is 0.00467. The van der Waals surface area contributed by atoms with E-state index in [0.29, 0.717) is 5.69 Å². The number of hydrogen-bond acceptors (Lipinski definition) is 4. The van der Waals surface area contributed by atoms with Gasteiger partial charge in [-0.1, -0.05) is 26.0 Å². The Hall–Kier alpha value is -3.81. The Morgan fingerprint density at radius 1 is 0.967 bits per heavy atom. The molecule has 5 N–H and O–H groups in total. The predicted octanol–water partition coefficient (Wildman–Crippen LogP) is 4.09. The first kappa shape index (κ1) is 20.9. The van der Waals surface area contributed by atoms with Crippen LogP contribution >= 0.6 is 0 Å². The van der Waals surface area contributed by atoms with Gasteiger partial charge in [-0.2, -0.15) is 0 Å². The Morgan fingerprint density at radius 3 is 2.37 bits per heavy atom. The fourth-order valence-corrected chi connectivity index (χ4v) is 2.76. The Morgan fingerprint density at radius 2 is 1.73 bits per heavy atom. The monoisotopic (exact) mass is 408 g/mol. The molecule has 6 nitrogen and oxygen atoms in total. The summed E-state index contributed by atoms with van der Waals surface area (Å²) in [5, 5.41) is 2.90. The normalized spacial score (nSPS) is 12.6. The SMILES string of the molecule is CC(C)c1ccc(NC(N)=N/C(=C(\N)c2ccncc2F)c2ccccc2F)cn1. The third-order valence-electron chi connectivity index (χ3n) is 4.33. The molecular formula is C22H22F2N6. The fourth-order valence-electron chi connectivity index (χ4n) is 2.76. The number of halogens is 2. The second-order valence-electron chi connectivity index (χ2n) is 6.85. The number of anilines is 1. The summed E-state index contributed by atoms with van der Waals surface area (Å²) in [6.07, 6.45) is 4.03. The second kappa shape index (κ2) is 9.13. The highest BCUT2D eigenvalue weighted by Crippen LogP contribution is 2.27. The van der Waals surface area contributed by atoms with Gasteiger partial charge < -0.3 is 16.8 Å². The minimum Gasteiger partial charge on any atom is -0.396 e. The van der Waals surface area contributed by atoms with Gasteiger partial charge in [-0.05, 0) is 36.2 Å². The van der Waals surface area contributed by atoms with Crippen LogP contribution in [-0.2, 0) is 0 Å². The molecule has 0 amide bonds. The molecule has 0 unspecified atom stereocenters. The molecule has 0 saturated carbocycles. The number of pyridine rings is 2. The molecule has 3 rings (SSSR count). The third-order valence-corrected chi connectivity index (χ3v) is 4.33. The van der Waals surface area contributed by atoms with Gasteiger partial charge in [0.2, 0.25) is 0 Å². The molecule has 1 aromatic carbocycles. The van der Waals surface area contributed by atoms with E-state index < -0.39 is 11.6 Å². The number of hydrogen-bond donors (Lipinski definition) is 3. The van der Waals surface area contributed by atoms with Gasteiger partial charge in [0.15, 0.2) is 11.8 Å². The van der Waals surface area contributed by atoms with Gasteiger partial charge in [0.05, 0.1) is 23.8 Å². The molecule has 2 aromatic heterocycles. The molecule has 30 heavy (non-hydrogen) atoms. The van der Waals surface area contributed by atoms with Crippen molar-refractivity contribution in [3.05, 3.63) is 89.5 Å². The first-order valence-corrected chi connectivity index (χ1v) is 9.28. The van der Waals surface area contributed by atoms with E-state index in [-0.39, 0.29) is 34.4 Å². The Labute approximate surface area is 173 Å². The number of nitrogens with zero attached hydrogens (tertiary/aromatic N) is 3. The van der Waals surface area contributed by atoms with Crippen LogP contribution in [-0.4, -0.2) is 15.9 Å². The zero-order valence-electron chi connectivity index (χ0n) is 16.6. The molecule has 154 valence electrons. The zero-order valence-corrected chi connectivity index (χ0v) is 16.6. The van der Waals surface area contributed by atoms with Gasteiger partial charge in [0.1, 0.15) is 11.5 Å². The molecule has 0 aliphatic rings. The quantitative estimate of drug-likeness (QED) is 0.436. The summed E-state index contributed by atoms with van der Waals surface area (Å²) in [7, 11) is 0. The Kier molecular flexibility index (Phi) is 6.36. The second-order valence-corrected chi connectivity index (χ2v) is 6.85. The van der Waals surface area contributed by atoms with E-state index >= 15 is 0 Å². The van der Waals surface area contributed by atoms with Crippen LogP contribution in [0.3, 0.4) is 0 Å². The van der Waals surface area contributed by atoms with Crippen LogP contribution in [0.1, 0.15) is 36.6 Å². The first-order chi connectivity index (χ1) is 14.4. The molecular weight excluding hydrogens is 386 g/mol. The van der Waals surface area contributed by atoms with Gasteiger partial charge in [-0.15, -0.1) is 0 Å². The van der Waals surface area contributed by atoms with Crippen molar-refractivity contribution in [2.24, 2.45) is 16.5 Å². The van der Waals surface area contributed by atoms with Crippen molar-refractivity contribution in [2.45, 2.75) is 19.8 Å². The van der Waals surface area contributed by atoms with Crippen molar-refractivity contribution in [1.29, 1.82) is 0 Å². The highest BCUT2D eigenvalue weighted by Gasteiger charge is 2.16. The van der Waals surface area contributed by atoms with Crippen LogP contribution in [0.15, 0.2) is 66.0 Å². The van der Waals surface area contributed by atoms with Crippen molar-refractivity contribution in [2.75, 3.05) is 5.32 Å². The molecule has 3 aromatic rings. The summed E-state index contributed by atoms with van der Waals surface area (Å²) in [4.78, 5) is 12.3. The van der Waals surface area contributed by atoms with Crippen LogP contribution in [0, 0.1) is 11.6 Å². The molecule has 8 heteroatoms. The van der Waals surface area contributed by atoms with Gasteiger partial charge in [0, 0.05) is 23.0 Å². The first-order valence-electron chi connectivity index (χ1n) is 9.28. The van der Waals surface area contributed by atoms with E-state index in [1.807, 2.05) is 26.0 Å². The number of nitrogens with one attached hydrogen (secondary N) is 1. The molecule has 0 atom stereocenters. The topological polar surface area (TPSA) is 102 Å². The maximum atomic E-state index is 14.5. The summed E-state index contributed by atoms with van der Waals surface area (Å²) in [5.74, 6) is -0.982. The lowest BCUT2D eigenvalue weighted by molar-refractivity contribution is 0.616. The van der Waals surface area contributed by atoms with E-state index in [2.05, 4.69) is 20.3 Å². The number of aromatic nitrogens is 2. The maximum Gasteiger partial charge on any atom is 0.198 e. The minimum atomic E-state index is -0.654. The summed E-state index contributed by atoms with van der Waals surface area (Å²) in [6, 6.07) is 11.0. The number of nitrogens with two attached hydrogens (primary N) is 2. The van der Waals surface area contributed by atoms with Crippen molar-refractivity contribution < 1.29 is 8.78 Å². The largest absolute Gasteiger partial charge is 0.396 e. The molecule has 0 spiro atoms. The van der Waals surface area contributed by atoms with Crippen molar-refractivity contribution in [1.82, 2.24) is 9.97 Å². The maximum absolute atomic E-state index is 14.5. The average molecular weight is 408 g/mol. The zero-order chi connectivity index (χ0) is 21.7. The van der Waals surface area contributed by atoms with Gasteiger partial charge in [-0.3, -0.25) is 9.97 Å². The van der Waals surface area contributed by atoms with Crippen molar-refractivity contribution in [3.63, 3.8) is 0 Å². The van der Waals surface area contributed by atoms with Gasteiger partial charge in [0.25, 0.3) is 0 Å². The number of aliphatic imine (C=N–C) groups is 1. The molecule has 0 aliphatic heterocycles. The molecule has 0 radical (unpaired) electrons. The van der Waals surface area contributed by atoms with Crippen LogP contribution in [0.25, 0.3) is 11.4 Å². The molecule has 0 aliphatic carbocycles. The van der Waals surface area contributed by atoms with E-state index in [9.17, 15) is 8.78 Å². The molecule has 2 heterocycles. The standard InChI is InChI=1S/C22H22F2N6/c1-13(2)19-8-7-14(11-28-19)29-22(26)30-21(16-5-3-4-6-17(16)23)20(25)15-9-10-27-12-18(15)24/h3-13H,25H2,1-2H3,(H3,26,29,30)/b21-20-. The van der Waals surface area contributed by atoms with Crippen LogP contribution in [0.2, 0.25) is 0 Å². The lowest BCUT2D eigenvalue weighted by Gasteiger charge is -2.12. The average Bonchev–Trinajstić information content (AvgIpc) is 2.73. The van der Waals surface area contributed by atoms with E-state index in [1.54, 1.807) is 12.3 Å². The van der Waals surface area contributed by atoms with E-state index in [1.165, 1.54) is 30.5 Å². The number of benzene rings is 1. The van der Waals surface area contributed by atoms with Crippen molar-refractivity contribution in [3.8, 4) is 0 Å². The van der Waals surface area contributed by atoms with Crippen LogP contribution in [0.4, 0.5) is 14.5 Å². The van der Waals surface area contributed by atoms with Gasteiger partial charge >= 0.3 is 0 Å². The highest BCUT2D eigenvalue weighted by atomic mass is 19.1. The Bertz CT molecular complexity index is 1090. The summed E-state index contributed by atoms with van der Waals surface area (Å²) < 4.78 is 28.7. The van der Waals surface area contributed by atoms with Crippen LogP contribution < -0.4 is 16.8 Å².